The van der Waals surface area contributed by atoms with Crippen molar-refractivity contribution in [3.63, 3.8) is 0 Å². The van der Waals surface area contributed by atoms with Crippen molar-refractivity contribution in [3.8, 4) is 0 Å². The van der Waals surface area contributed by atoms with E-state index in [2.05, 4.69) is 6.92 Å². The zero-order valence-electron chi connectivity index (χ0n) is 9.58. The Kier molecular flexibility index (Phi) is 3.53. The third kappa shape index (κ3) is 2.40. The summed E-state index contributed by atoms with van der Waals surface area (Å²) < 4.78 is 5.37. The molecule has 1 atom stereocenters. The molecule has 1 unspecified atom stereocenters. The first-order valence-corrected chi connectivity index (χ1v) is 6.11. The van der Waals surface area contributed by atoms with Crippen LogP contribution in [0.25, 0.3) is 0 Å². The highest BCUT2D eigenvalue weighted by Gasteiger charge is 2.32. The summed E-state index contributed by atoms with van der Waals surface area (Å²) in [6.07, 6.45) is 2.07. The average molecular weight is 240 g/mol. The van der Waals surface area contributed by atoms with Gasteiger partial charge in [0.25, 0.3) is 0 Å². The van der Waals surface area contributed by atoms with Crippen LogP contribution in [0.4, 0.5) is 0 Å². The molecule has 1 saturated heterocycles. The van der Waals surface area contributed by atoms with Crippen LogP contribution in [0, 0.1) is 5.92 Å². The van der Waals surface area contributed by atoms with E-state index in [1.54, 1.807) is 0 Å². The fourth-order valence-electron chi connectivity index (χ4n) is 2.34. The van der Waals surface area contributed by atoms with Gasteiger partial charge in [-0.3, -0.25) is 0 Å². The van der Waals surface area contributed by atoms with Crippen LogP contribution >= 0.6 is 11.6 Å². The van der Waals surface area contributed by atoms with Gasteiger partial charge in [0, 0.05) is 23.8 Å². The van der Waals surface area contributed by atoms with Gasteiger partial charge in [0.1, 0.15) is 0 Å². The van der Waals surface area contributed by atoms with Gasteiger partial charge in [-0.05, 0) is 43.4 Å². The highest BCUT2D eigenvalue weighted by molar-refractivity contribution is 6.30. The normalized spacial score (nSPS) is 21.7. The molecule has 2 nitrogen and oxygen atoms in total. The van der Waals surface area contributed by atoms with Gasteiger partial charge in [-0.15, -0.1) is 0 Å². The number of hydrogen-bond donors (Lipinski definition) is 1. The lowest BCUT2D eigenvalue weighted by Crippen LogP contribution is -2.43. The summed E-state index contributed by atoms with van der Waals surface area (Å²) in [6, 6.07) is 7.86. The Morgan fingerprint density at radius 3 is 2.38 bits per heavy atom. The molecule has 1 fully saturated rings. The van der Waals surface area contributed by atoms with Crippen molar-refractivity contribution >= 4 is 11.6 Å². The summed E-state index contributed by atoms with van der Waals surface area (Å²) >= 11 is 5.89. The van der Waals surface area contributed by atoms with Gasteiger partial charge in [-0.25, -0.2) is 0 Å². The quantitative estimate of drug-likeness (QED) is 0.861. The van der Waals surface area contributed by atoms with Gasteiger partial charge < -0.3 is 10.5 Å². The van der Waals surface area contributed by atoms with E-state index >= 15 is 0 Å². The molecule has 1 aliphatic heterocycles. The highest BCUT2D eigenvalue weighted by atomic mass is 35.5. The molecule has 2 N–H and O–H groups in total. The standard InChI is InChI=1S/C13H18ClNO/c1-13(15,11-6-8-16-9-7-11)10-2-4-12(14)5-3-10/h2-5,11H,6-9,15H2,1H3. The lowest BCUT2D eigenvalue weighted by atomic mass is 9.76. The minimum absolute atomic E-state index is 0.283. The second kappa shape index (κ2) is 4.74. The fraction of sp³-hybridized carbons (Fsp3) is 0.538. The molecule has 0 radical (unpaired) electrons. The predicted octanol–water partition coefficient (Wildman–Crippen LogP) is 2.94. The maximum absolute atomic E-state index is 6.46. The molecular weight excluding hydrogens is 222 g/mol. The molecule has 3 heteroatoms. The maximum atomic E-state index is 6.46. The Bertz CT molecular complexity index is 341. The molecule has 1 heterocycles. The molecule has 0 bridgehead atoms. The second-order valence-electron chi connectivity index (χ2n) is 4.68. The Labute approximate surface area is 102 Å². The van der Waals surface area contributed by atoms with Gasteiger partial charge in [-0.2, -0.15) is 0 Å². The molecule has 0 saturated carbocycles. The molecule has 0 aromatic heterocycles. The van der Waals surface area contributed by atoms with Crippen molar-refractivity contribution < 1.29 is 4.74 Å². The first-order valence-electron chi connectivity index (χ1n) is 5.73. The van der Waals surface area contributed by atoms with Crippen molar-refractivity contribution in [3.05, 3.63) is 34.9 Å². The van der Waals surface area contributed by atoms with Crippen molar-refractivity contribution in [1.29, 1.82) is 0 Å². The second-order valence-corrected chi connectivity index (χ2v) is 5.11. The maximum Gasteiger partial charge on any atom is 0.0469 e. The van der Waals surface area contributed by atoms with Gasteiger partial charge in [0.05, 0.1) is 0 Å². The molecular formula is C13H18ClNO. The third-order valence-corrected chi connectivity index (χ3v) is 3.79. The first-order chi connectivity index (χ1) is 7.60. The zero-order valence-corrected chi connectivity index (χ0v) is 10.3. The van der Waals surface area contributed by atoms with Crippen molar-refractivity contribution in [2.24, 2.45) is 11.7 Å². The van der Waals surface area contributed by atoms with E-state index < -0.39 is 0 Å². The highest BCUT2D eigenvalue weighted by Crippen LogP contribution is 2.33. The van der Waals surface area contributed by atoms with Crippen LogP contribution < -0.4 is 5.73 Å². The molecule has 0 amide bonds. The molecule has 1 aliphatic rings. The van der Waals surface area contributed by atoms with E-state index in [0.29, 0.717) is 5.92 Å². The van der Waals surface area contributed by atoms with E-state index in [9.17, 15) is 0 Å². The number of ether oxygens (including phenoxy) is 1. The minimum Gasteiger partial charge on any atom is -0.381 e. The number of benzene rings is 1. The van der Waals surface area contributed by atoms with Crippen molar-refractivity contribution in [2.75, 3.05) is 13.2 Å². The SMILES string of the molecule is CC(N)(c1ccc(Cl)cc1)C1CCOCC1. The van der Waals surface area contributed by atoms with Crippen molar-refractivity contribution in [1.82, 2.24) is 0 Å². The van der Waals surface area contributed by atoms with Crippen LogP contribution in [0.15, 0.2) is 24.3 Å². The third-order valence-electron chi connectivity index (χ3n) is 3.54. The van der Waals surface area contributed by atoms with E-state index in [4.69, 9.17) is 22.1 Å². The van der Waals surface area contributed by atoms with Crippen LogP contribution in [0.1, 0.15) is 25.3 Å². The van der Waals surface area contributed by atoms with E-state index in [0.717, 1.165) is 36.6 Å². The Hall–Kier alpha value is -0.570. The molecule has 2 rings (SSSR count). The number of nitrogens with two attached hydrogens (primary N) is 1. The summed E-state index contributed by atoms with van der Waals surface area (Å²) in [6.45, 7) is 3.75. The van der Waals surface area contributed by atoms with Crippen LogP contribution in [-0.2, 0) is 10.3 Å². The van der Waals surface area contributed by atoms with Crippen LogP contribution in [0.5, 0.6) is 0 Å². The Morgan fingerprint density at radius 2 is 1.81 bits per heavy atom. The summed E-state index contributed by atoms with van der Waals surface area (Å²) in [5.41, 5.74) is 7.34. The molecule has 1 aromatic carbocycles. The summed E-state index contributed by atoms with van der Waals surface area (Å²) in [7, 11) is 0. The minimum atomic E-state index is -0.283. The van der Waals surface area contributed by atoms with Crippen LogP contribution in [-0.4, -0.2) is 13.2 Å². The number of rotatable bonds is 2. The molecule has 1 aromatic rings. The Balaban J connectivity index is 2.19. The fourth-order valence-corrected chi connectivity index (χ4v) is 2.47. The predicted molar refractivity (Wildman–Crippen MR) is 66.5 cm³/mol. The summed E-state index contributed by atoms with van der Waals surface area (Å²) in [4.78, 5) is 0. The van der Waals surface area contributed by atoms with Gasteiger partial charge in [0.2, 0.25) is 0 Å². The lowest BCUT2D eigenvalue weighted by molar-refractivity contribution is 0.0412. The molecule has 0 aliphatic carbocycles. The lowest BCUT2D eigenvalue weighted by Gasteiger charge is -2.37. The number of halogens is 1. The average Bonchev–Trinajstić information content (AvgIpc) is 2.31. The molecule has 0 spiro atoms. The summed E-state index contributed by atoms with van der Waals surface area (Å²) in [5.74, 6) is 0.488. The smallest absolute Gasteiger partial charge is 0.0469 e. The summed E-state index contributed by atoms with van der Waals surface area (Å²) in [5, 5.41) is 0.756. The van der Waals surface area contributed by atoms with E-state index in [1.165, 1.54) is 0 Å². The Morgan fingerprint density at radius 1 is 1.25 bits per heavy atom. The van der Waals surface area contributed by atoms with Gasteiger partial charge in [0.15, 0.2) is 0 Å². The van der Waals surface area contributed by atoms with Crippen molar-refractivity contribution in [2.45, 2.75) is 25.3 Å². The molecule has 88 valence electrons. The largest absolute Gasteiger partial charge is 0.381 e. The van der Waals surface area contributed by atoms with Gasteiger partial charge in [-0.1, -0.05) is 23.7 Å². The monoisotopic (exact) mass is 239 g/mol. The van der Waals surface area contributed by atoms with E-state index in [1.807, 2.05) is 24.3 Å². The van der Waals surface area contributed by atoms with Crippen LogP contribution in [0.2, 0.25) is 5.02 Å². The van der Waals surface area contributed by atoms with E-state index in [-0.39, 0.29) is 5.54 Å². The molecule has 16 heavy (non-hydrogen) atoms. The zero-order chi connectivity index (χ0) is 11.6. The van der Waals surface area contributed by atoms with Crippen LogP contribution in [0.3, 0.4) is 0 Å². The van der Waals surface area contributed by atoms with Gasteiger partial charge >= 0.3 is 0 Å². The first kappa shape index (κ1) is 11.9. The number of hydrogen-bond acceptors (Lipinski definition) is 2. The topological polar surface area (TPSA) is 35.2 Å².